The summed E-state index contributed by atoms with van der Waals surface area (Å²) in [5.74, 6) is -0.598. The molecule has 0 aliphatic rings. The average Bonchev–Trinajstić information content (AvgIpc) is 2.14. The fraction of sp³-hybridized carbons (Fsp3) is 0.125. The van der Waals surface area contributed by atoms with Crippen molar-refractivity contribution in [1.29, 1.82) is 0 Å². The maximum absolute atomic E-state index is 11.8. The number of ether oxygens (including phenoxy) is 1. The lowest BCUT2D eigenvalue weighted by Crippen LogP contribution is -2.33. The molecule has 0 radical (unpaired) electrons. The first kappa shape index (κ1) is 12.5. The van der Waals surface area contributed by atoms with Gasteiger partial charge in [-0.15, -0.1) is 13.2 Å². The molecule has 0 aliphatic carbocycles. The zero-order valence-corrected chi connectivity index (χ0v) is 7.73. The first-order valence-corrected chi connectivity index (χ1v) is 4.04. The van der Waals surface area contributed by atoms with Gasteiger partial charge in [0.25, 0.3) is 0 Å². The monoisotopic (exact) mass is 234 g/mol. The molecule has 2 N–H and O–H groups in total. The molecule has 0 fully saturated rings. The van der Waals surface area contributed by atoms with Gasteiger partial charge < -0.3 is 14.8 Å². The first-order valence-electron chi connectivity index (χ1n) is 4.04. The van der Waals surface area contributed by atoms with E-state index < -0.39 is 19.2 Å². The summed E-state index contributed by atoms with van der Waals surface area (Å²) in [6.45, 7) is 0. The Balaban J connectivity index is 3.05. The van der Waals surface area contributed by atoms with Gasteiger partial charge in [0.05, 0.1) is 0 Å². The number of aldehydes is 1. The van der Waals surface area contributed by atoms with Gasteiger partial charge in [0.1, 0.15) is 12.0 Å². The molecule has 0 aromatic heterocycles. The fourth-order valence-electron chi connectivity index (χ4n) is 1.09. The van der Waals surface area contributed by atoms with Gasteiger partial charge in [-0.2, -0.15) is 0 Å². The van der Waals surface area contributed by atoms with Crippen LogP contribution in [0.4, 0.5) is 13.2 Å². The van der Waals surface area contributed by atoms with Crippen LogP contribution in [0.2, 0.25) is 0 Å². The zero-order chi connectivity index (χ0) is 12.3. The van der Waals surface area contributed by atoms with Crippen molar-refractivity contribution in [1.82, 2.24) is 0 Å². The molecule has 0 amide bonds. The Kier molecular flexibility index (Phi) is 3.56. The van der Waals surface area contributed by atoms with Crippen molar-refractivity contribution in [2.75, 3.05) is 0 Å². The Morgan fingerprint density at radius 3 is 2.38 bits per heavy atom. The minimum atomic E-state index is -4.86. The van der Waals surface area contributed by atoms with Crippen LogP contribution in [0.5, 0.6) is 5.75 Å². The summed E-state index contributed by atoms with van der Waals surface area (Å²) in [5.41, 5.74) is -0.471. The summed E-state index contributed by atoms with van der Waals surface area (Å²) < 4.78 is 39.0. The van der Waals surface area contributed by atoms with Crippen LogP contribution >= 0.6 is 0 Å². The number of benzene rings is 1. The molecule has 8 heteroatoms. The van der Waals surface area contributed by atoms with Gasteiger partial charge in [0.15, 0.2) is 0 Å². The van der Waals surface area contributed by atoms with Crippen LogP contribution in [-0.4, -0.2) is 29.8 Å². The highest BCUT2D eigenvalue weighted by molar-refractivity contribution is 6.60. The number of hydrogen-bond donors (Lipinski definition) is 2. The zero-order valence-electron chi connectivity index (χ0n) is 7.73. The number of hydrogen-bond acceptors (Lipinski definition) is 4. The number of halogens is 3. The van der Waals surface area contributed by atoms with Crippen LogP contribution in [-0.2, 0) is 0 Å². The molecule has 0 unspecified atom stereocenters. The van der Waals surface area contributed by atoms with Crippen molar-refractivity contribution in [3.8, 4) is 5.75 Å². The summed E-state index contributed by atoms with van der Waals surface area (Å²) in [6, 6.07) is 2.62. The molecule has 0 atom stereocenters. The first-order chi connectivity index (χ1) is 7.33. The molecule has 0 saturated heterocycles. The van der Waals surface area contributed by atoms with E-state index in [1.54, 1.807) is 0 Å². The Morgan fingerprint density at radius 2 is 1.94 bits per heavy atom. The van der Waals surface area contributed by atoms with Gasteiger partial charge >= 0.3 is 13.5 Å². The summed E-state index contributed by atoms with van der Waals surface area (Å²) in [5, 5.41) is 17.6. The van der Waals surface area contributed by atoms with Crippen LogP contribution in [0, 0.1) is 0 Å². The van der Waals surface area contributed by atoms with Gasteiger partial charge in [0.2, 0.25) is 0 Å². The predicted molar refractivity (Wildman–Crippen MR) is 48.3 cm³/mol. The molecule has 0 bridgehead atoms. The van der Waals surface area contributed by atoms with Crippen LogP contribution in [0.3, 0.4) is 0 Å². The minimum Gasteiger partial charge on any atom is -0.423 e. The van der Waals surface area contributed by atoms with E-state index in [-0.39, 0.29) is 17.3 Å². The van der Waals surface area contributed by atoms with Crippen molar-refractivity contribution >= 4 is 18.9 Å². The minimum absolute atomic E-state index is 0.190. The molecule has 0 spiro atoms. The summed E-state index contributed by atoms with van der Waals surface area (Å²) in [6.07, 6.45) is -4.66. The van der Waals surface area contributed by atoms with Gasteiger partial charge in [0, 0.05) is 5.56 Å². The van der Waals surface area contributed by atoms with Gasteiger partial charge in [-0.3, -0.25) is 4.79 Å². The fourth-order valence-corrected chi connectivity index (χ4v) is 1.09. The molecule has 1 aromatic rings. The maximum Gasteiger partial charge on any atom is 0.573 e. The van der Waals surface area contributed by atoms with Crippen molar-refractivity contribution in [3.05, 3.63) is 23.8 Å². The average molecular weight is 234 g/mol. The summed E-state index contributed by atoms with van der Waals surface area (Å²) in [7, 11) is -1.93. The van der Waals surface area contributed by atoms with Crippen LogP contribution in [0.25, 0.3) is 0 Å². The third kappa shape index (κ3) is 3.25. The van der Waals surface area contributed by atoms with E-state index in [0.29, 0.717) is 0 Å². The third-order valence-electron chi connectivity index (χ3n) is 1.70. The summed E-state index contributed by atoms with van der Waals surface area (Å²) >= 11 is 0. The normalized spacial score (nSPS) is 11.1. The second-order valence-corrected chi connectivity index (χ2v) is 2.83. The third-order valence-corrected chi connectivity index (χ3v) is 1.70. The van der Waals surface area contributed by atoms with Gasteiger partial charge in [-0.05, 0) is 17.6 Å². The molecule has 0 aliphatic heterocycles. The predicted octanol–water partition coefficient (Wildman–Crippen LogP) is 0.0775. The molecule has 1 rings (SSSR count). The van der Waals surface area contributed by atoms with E-state index in [4.69, 9.17) is 10.0 Å². The quantitative estimate of drug-likeness (QED) is 0.573. The van der Waals surface area contributed by atoms with Crippen LogP contribution in [0.1, 0.15) is 10.4 Å². The van der Waals surface area contributed by atoms with Crippen molar-refractivity contribution in [2.45, 2.75) is 6.36 Å². The molecule has 0 heterocycles. The Hall–Kier alpha value is -1.54. The topological polar surface area (TPSA) is 66.8 Å². The van der Waals surface area contributed by atoms with Gasteiger partial charge in [-0.25, -0.2) is 0 Å². The number of carbonyl (C=O) groups is 1. The highest BCUT2D eigenvalue weighted by atomic mass is 19.4. The van der Waals surface area contributed by atoms with E-state index in [1.807, 2.05) is 0 Å². The lowest BCUT2D eigenvalue weighted by atomic mass is 9.77. The number of rotatable bonds is 3. The maximum atomic E-state index is 11.8. The van der Waals surface area contributed by atoms with Crippen molar-refractivity contribution < 1.29 is 32.8 Å². The molecule has 4 nitrogen and oxygen atoms in total. The lowest BCUT2D eigenvalue weighted by Gasteiger charge is -2.10. The highest BCUT2D eigenvalue weighted by Gasteiger charge is 2.31. The molecule has 1 aromatic carbocycles. The van der Waals surface area contributed by atoms with Gasteiger partial charge in [-0.1, -0.05) is 6.07 Å². The smallest absolute Gasteiger partial charge is 0.423 e. The standard InChI is InChI=1S/C8H6BF3O4/c10-8(11,12)16-6-1-2-7(9(14)15)5(3-6)4-13/h1-4,14-15H. The Labute approximate surface area is 88.4 Å². The Morgan fingerprint density at radius 1 is 1.31 bits per heavy atom. The lowest BCUT2D eigenvalue weighted by molar-refractivity contribution is -0.274. The van der Waals surface area contributed by atoms with E-state index in [2.05, 4.69) is 4.74 Å². The Bertz CT molecular complexity index is 391. The number of alkyl halides is 3. The largest absolute Gasteiger partial charge is 0.573 e. The molecule has 16 heavy (non-hydrogen) atoms. The highest BCUT2D eigenvalue weighted by Crippen LogP contribution is 2.22. The summed E-state index contributed by atoms with van der Waals surface area (Å²) in [4.78, 5) is 10.5. The van der Waals surface area contributed by atoms with E-state index >= 15 is 0 Å². The number of carbonyl (C=O) groups excluding carboxylic acids is 1. The molecular weight excluding hydrogens is 228 g/mol. The van der Waals surface area contributed by atoms with Crippen molar-refractivity contribution in [3.63, 3.8) is 0 Å². The van der Waals surface area contributed by atoms with E-state index in [9.17, 15) is 18.0 Å². The van der Waals surface area contributed by atoms with E-state index in [1.165, 1.54) is 0 Å². The second kappa shape index (κ2) is 4.54. The van der Waals surface area contributed by atoms with Crippen molar-refractivity contribution in [2.24, 2.45) is 0 Å². The SMILES string of the molecule is O=Cc1cc(OC(F)(F)F)ccc1B(O)O. The van der Waals surface area contributed by atoms with Crippen LogP contribution in [0.15, 0.2) is 18.2 Å². The molecular formula is C8H6BF3O4. The van der Waals surface area contributed by atoms with Crippen LogP contribution < -0.4 is 10.2 Å². The molecule has 86 valence electrons. The van der Waals surface area contributed by atoms with E-state index in [0.717, 1.165) is 18.2 Å². The second-order valence-electron chi connectivity index (χ2n) is 2.83. The molecule has 0 saturated carbocycles.